The van der Waals surface area contributed by atoms with Gasteiger partial charge in [-0.3, -0.25) is 14.1 Å². The Labute approximate surface area is 207 Å². The third-order valence-electron chi connectivity index (χ3n) is 4.80. The number of hydrogen-bond acceptors (Lipinski definition) is 6. The van der Waals surface area contributed by atoms with Crippen LogP contribution < -0.4 is 4.74 Å². The molecule has 6 radical (unpaired) electrons. The molecule has 0 heterocycles. The summed E-state index contributed by atoms with van der Waals surface area (Å²) in [6, 6.07) is 3.19. The summed E-state index contributed by atoms with van der Waals surface area (Å²) in [4.78, 5) is 23.9. The minimum Gasteiger partial charge on any atom is -0.438 e. The minimum absolute atomic E-state index is 0.0288. The summed E-state index contributed by atoms with van der Waals surface area (Å²) < 4.78 is 118. The normalized spacial score (nSPS) is 12.9. The molecule has 1 rings (SSSR count). The van der Waals surface area contributed by atoms with Crippen LogP contribution >= 0.6 is 0 Å². The molecule has 0 aromatic heterocycles. The summed E-state index contributed by atoms with van der Waals surface area (Å²) in [5.41, 5.74) is -3.96. The molecule has 0 spiro atoms. The van der Waals surface area contributed by atoms with E-state index in [1.54, 1.807) is 12.1 Å². The first kappa shape index (κ1) is 31.9. The third kappa shape index (κ3) is 8.46. The van der Waals surface area contributed by atoms with Gasteiger partial charge in [0.15, 0.2) is 0 Å². The third-order valence-corrected chi connectivity index (χ3v) is 5.57. The fourth-order valence-corrected chi connectivity index (χ4v) is 3.95. The average molecular weight is 538 g/mol. The van der Waals surface area contributed by atoms with Crippen molar-refractivity contribution in [3.63, 3.8) is 0 Å². The van der Waals surface area contributed by atoms with E-state index in [1.807, 2.05) is 0 Å². The zero-order valence-corrected chi connectivity index (χ0v) is 19.4. The van der Waals surface area contributed by atoms with Gasteiger partial charge in [0.1, 0.15) is 11.5 Å². The largest absolute Gasteiger partial charge is 0.438 e. The molecule has 0 fully saturated rings. The summed E-state index contributed by atoms with van der Waals surface area (Å²) in [6.45, 7) is 0. The van der Waals surface area contributed by atoms with E-state index in [0.29, 0.717) is 16.7 Å². The number of ether oxygens (including phenoxy) is 2. The number of benzene rings is 1. The summed E-state index contributed by atoms with van der Waals surface area (Å²) in [6.07, 6.45) is -14.8. The lowest BCUT2D eigenvalue weighted by molar-refractivity contribution is -0.361. The monoisotopic (exact) mass is 538 g/mol. The van der Waals surface area contributed by atoms with Gasteiger partial charge in [-0.05, 0) is 24.0 Å². The first-order valence-corrected chi connectivity index (χ1v) is 11.8. The van der Waals surface area contributed by atoms with E-state index in [2.05, 4.69) is 4.74 Å². The maximum absolute atomic E-state index is 13.2. The number of carbonyl (C=O) groups is 2. The van der Waals surface area contributed by atoms with Crippen molar-refractivity contribution in [3.8, 4) is 5.75 Å². The quantitative estimate of drug-likeness (QED) is 0.109. The molecule has 7 nitrogen and oxygen atoms in total. The van der Waals surface area contributed by atoms with Gasteiger partial charge < -0.3 is 9.47 Å². The standard InChI is InChI=1S/C19H19B3F6O7S/c20-7-11-5-12(8-21)16(13(6-11)9-22)34-14(29)3-1-2-4-15(30)35-17(18(23,24)25,19(26,27)28)10-36(31,32)33/h5-6H,1-4,7-10H2,(H,31,32,33). The average Bonchev–Trinajstić information content (AvgIpc) is 2.73. The molecular formula is C19H19B3F6O7S. The van der Waals surface area contributed by atoms with Gasteiger partial charge in [0.25, 0.3) is 10.1 Å². The van der Waals surface area contributed by atoms with Crippen LogP contribution in [0.4, 0.5) is 26.3 Å². The van der Waals surface area contributed by atoms with Crippen molar-refractivity contribution in [2.75, 3.05) is 5.75 Å². The van der Waals surface area contributed by atoms with Crippen molar-refractivity contribution < 1.29 is 58.4 Å². The van der Waals surface area contributed by atoms with E-state index in [1.165, 1.54) is 0 Å². The highest BCUT2D eigenvalue weighted by Gasteiger charge is 2.75. The Morgan fingerprint density at radius 2 is 1.28 bits per heavy atom. The second kappa shape index (κ2) is 12.4. The lowest BCUT2D eigenvalue weighted by atomic mass is 9.85. The molecule has 0 unspecified atom stereocenters. The molecule has 0 aliphatic carbocycles. The van der Waals surface area contributed by atoms with Crippen LogP contribution in [0.2, 0.25) is 0 Å². The summed E-state index contributed by atoms with van der Waals surface area (Å²) >= 11 is 0. The molecule has 1 aromatic carbocycles. The van der Waals surface area contributed by atoms with Crippen molar-refractivity contribution in [2.45, 2.75) is 62.6 Å². The van der Waals surface area contributed by atoms with Crippen LogP contribution in [0.5, 0.6) is 5.75 Å². The van der Waals surface area contributed by atoms with Crippen molar-refractivity contribution in [1.82, 2.24) is 0 Å². The SMILES string of the molecule is [B]Cc1cc(C[B])c(OC(=O)CCCCC(=O)OC(CS(=O)(=O)O)(C(F)(F)F)C(F)(F)F)c(C[B])c1. The van der Waals surface area contributed by atoms with Crippen LogP contribution in [0.15, 0.2) is 12.1 Å². The highest BCUT2D eigenvalue weighted by atomic mass is 32.2. The molecule has 0 amide bonds. The molecule has 0 atom stereocenters. The van der Waals surface area contributed by atoms with Crippen LogP contribution in [0.3, 0.4) is 0 Å². The van der Waals surface area contributed by atoms with E-state index in [9.17, 15) is 44.3 Å². The Morgan fingerprint density at radius 1 is 0.833 bits per heavy atom. The Bertz CT molecular complexity index is 1010. The van der Waals surface area contributed by atoms with Crippen LogP contribution in [0, 0.1) is 0 Å². The second-order valence-corrected chi connectivity index (χ2v) is 9.01. The molecule has 1 N–H and O–H groups in total. The molecular weight excluding hydrogens is 519 g/mol. The first-order valence-electron chi connectivity index (χ1n) is 10.2. The predicted octanol–water partition coefficient (Wildman–Crippen LogP) is 2.45. The van der Waals surface area contributed by atoms with Gasteiger partial charge in [-0.15, -0.1) is 0 Å². The molecule has 0 saturated carbocycles. The summed E-state index contributed by atoms with van der Waals surface area (Å²) in [7, 11) is 11.0. The van der Waals surface area contributed by atoms with Gasteiger partial charge in [-0.2, -0.15) is 34.8 Å². The molecule has 0 bridgehead atoms. The maximum Gasteiger partial charge on any atom is 0.438 e. The van der Waals surface area contributed by atoms with Crippen molar-refractivity contribution in [1.29, 1.82) is 0 Å². The Kier molecular flexibility index (Phi) is 11.0. The zero-order chi connectivity index (χ0) is 27.9. The van der Waals surface area contributed by atoms with E-state index in [4.69, 9.17) is 32.8 Å². The summed E-state index contributed by atoms with van der Waals surface area (Å²) in [5, 5.41) is 0. The fraction of sp³-hybridized carbons (Fsp3) is 0.579. The van der Waals surface area contributed by atoms with Crippen molar-refractivity contribution in [3.05, 3.63) is 28.8 Å². The van der Waals surface area contributed by atoms with E-state index in [0.717, 1.165) is 0 Å². The van der Waals surface area contributed by atoms with Gasteiger partial charge in [-0.25, -0.2) is 0 Å². The van der Waals surface area contributed by atoms with Crippen molar-refractivity contribution in [2.24, 2.45) is 0 Å². The van der Waals surface area contributed by atoms with Crippen LogP contribution in [0.25, 0.3) is 0 Å². The van der Waals surface area contributed by atoms with E-state index >= 15 is 0 Å². The lowest BCUT2D eigenvalue weighted by Gasteiger charge is -2.35. The number of carbonyl (C=O) groups excluding carboxylic acids is 2. The highest BCUT2D eigenvalue weighted by molar-refractivity contribution is 7.85. The van der Waals surface area contributed by atoms with E-state index < -0.39 is 65.0 Å². The smallest absolute Gasteiger partial charge is 0.438 e. The Morgan fingerprint density at radius 3 is 1.64 bits per heavy atom. The minimum atomic E-state index is -6.42. The molecule has 17 heteroatoms. The number of halogens is 6. The summed E-state index contributed by atoms with van der Waals surface area (Å²) in [5.74, 6) is -5.78. The number of hydrogen-bond donors (Lipinski definition) is 1. The zero-order valence-electron chi connectivity index (χ0n) is 18.6. The molecule has 0 aliphatic rings. The van der Waals surface area contributed by atoms with Crippen LogP contribution in [0.1, 0.15) is 42.4 Å². The van der Waals surface area contributed by atoms with Gasteiger partial charge in [0.05, 0.1) is 23.5 Å². The molecule has 0 aliphatic heterocycles. The fourth-order valence-electron chi connectivity index (χ4n) is 3.05. The second-order valence-electron chi connectivity index (χ2n) is 7.56. The molecule has 1 aromatic rings. The van der Waals surface area contributed by atoms with Crippen molar-refractivity contribution >= 4 is 45.6 Å². The molecule has 194 valence electrons. The molecule has 0 saturated heterocycles. The number of unbranched alkanes of at least 4 members (excludes halogenated alkanes) is 1. The maximum atomic E-state index is 13.2. The van der Waals surface area contributed by atoms with E-state index in [-0.39, 0.29) is 31.1 Å². The first-order chi connectivity index (χ1) is 16.4. The Hall–Kier alpha value is -2.16. The topological polar surface area (TPSA) is 107 Å². The predicted molar refractivity (Wildman–Crippen MR) is 116 cm³/mol. The van der Waals surface area contributed by atoms with Gasteiger partial charge in [-0.1, -0.05) is 36.7 Å². The number of esters is 2. The Balaban J connectivity index is 2.83. The van der Waals surface area contributed by atoms with Crippen LogP contribution in [-0.4, -0.2) is 72.2 Å². The van der Waals surface area contributed by atoms with Gasteiger partial charge in [0.2, 0.25) is 0 Å². The van der Waals surface area contributed by atoms with Gasteiger partial charge in [0, 0.05) is 12.8 Å². The highest BCUT2D eigenvalue weighted by Crippen LogP contribution is 2.47. The lowest BCUT2D eigenvalue weighted by Crippen LogP contribution is -2.63. The number of alkyl halides is 6. The van der Waals surface area contributed by atoms with Gasteiger partial charge >= 0.3 is 29.9 Å². The number of rotatable bonds is 12. The molecule has 36 heavy (non-hydrogen) atoms. The van der Waals surface area contributed by atoms with Crippen LogP contribution in [-0.2, 0) is 43.4 Å².